The Balaban J connectivity index is 1.85. The van der Waals surface area contributed by atoms with E-state index in [-0.39, 0.29) is 7.92 Å². The van der Waals surface area contributed by atoms with Crippen molar-refractivity contribution in [2.24, 2.45) is 0 Å². The van der Waals surface area contributed by atoms with E-state index in [0.29, 0.717) is 5.66 Å². The van der Waals surface area contributed by atoms with Gasteiger partial charge in [-0.25, -0.2) is 0 Å². The van der Waals surface area contributed by atoms with Crippen molar-refractivity contribution in [1.82, 2.24) is 0 Å². The zero-order chi connectivity index (χ0) is 16.5. The minimum atomic E-state index is -0.302. The Morgan fingerprint density at radius 2 is 1.54 bits per heavy atom. The van der Waals surface area contributed by atoms with Crippen molar-refractivity contribution in [3.63, 3.8) is 0 Å². The van der Waals surface area contributed by atoms with Crippen molar-refractivity contribution < 1.29 is 0 Å². The molecule has 1 nitrogen and oxygen atoms in total. The van der Waals surface area contributed by atoms with Crippen molar-refractivity contribution in [1.29, 1.82) is 0 Å². The topological polar surface area (TPSA) is 12.0 Å². The van der Waals surface area contributed by atoms with Crippen molar-refractivity contribution in [3.8, 4) is 0 Å². The Hall–Kier alpha value is -1.33. The van der Waals surface area contributed by atoms with E-state index >= 15 is 0 Å². The summed E-state index contributed by atoms with van der Waals surface area (Å²) < 4.78 is 0. The number of para-hydroxylation sites is 1. The molecule has 1 aliphatic heterocycles. The molecule has 4 rings (SSSR count). The minimum absolute atomic E-state index is 0.302. The molecule has 1 unspecified atom stereocenters. The van der Waals surface area contributed by atoms with Crippen LogP contribution in [0.1, 0.15) is 49.8 Å². The van der Waals surface area contributed by atoms with Crippen LogP contribution in [-0.4, -0.2) is 12.2 Å². The van der Waals surface area contributed by atoms with Crippen molar-refractivity contribution >= 4 is 24.2 Å². The predicted molar refractivity (Wildman–Crippen MR) is 108 cm³/mol. The summed E-state index contributed by atoms with van der Waals surface area (Å²) in [7, 11) is -0.302. The molecule has 2 aromatic rings. The summed E-state index contributed by atoms with van der Waals surface area (Å²) in [4.78, 5) is 0. The summed E-state index contributed by atoms with van der Waals surface area (Å²) in [6.45, 7) is 5.95. The van der Waals surface area contributed by atoms with Crippen molar-refractivity contribution in [2.45, 2.75) is 58.0 Å². The van der Waals surface area contributed by atoms with E-state index in [0.717, 1.165) is 6.54 Å². The maximum absolute atomic E-state index is 3.73. The van der Waals surface area contributed by atoms with Gasteiger partial charge in [0, 0.05) is 17.5 Å². The zero-order valence-electron chi connectivity index (χ0n) is 14.9. The van der Waals surface area contributed by atoms with Gasteiger partial charge in [-0.3, -0.25) is 0 Å². The van der Waals surface area contributed by atoms with Crippen LogP contribution in [0.25, 0.3) is 0 Å². The van der Waals surface area contributed by atoms with Crippen LogP contribution >= 0.6 is 7.92 Å². The van der Waals surface area contributed by atoms with Crippen molar-refractivity contribution in [2.75, 3.05) is 11.9 Å². The van der Waals surface area contributed by atoms with Gasteiger partial charge in [0.25, 0.3) is 0 Å². The number of hydrogen-bond acceptors (Lipinski definition) is 1. The molecule has 0 amide bonds. The zero-order valence-corrected chi connectivity index (χ0v) is 15.8. The second-order valence-electron chi connectivity index (χ2n) is 7.43. The molecule has 0 radical (unpaired) electrons. The third-order valence-electron chi connectivity index (χ3n) is 5.46. The first-order chi connectivity index (χ1) is 11.8. The highest BCUT2D eigenvalue weighted by Gasteiger charge is 2.26. The number of fused-ring (bicyclic) bond motifs is 2. The van der Waals surface area contributed by atoms with Crippen LogP contribution in [0.2, 0.25) is 0 Å². The van der Waals surface area contributed by atoms with E-state index in [1.165, 1.54) is 49.8 Å². The standard InChI is InChI=1S/C22H28NP/c1-16(2)24(20-13-5-9-17-8-3-4-12-19(17)20)21-14-6-10-18-11-7-15-23-22(18)21/h5-6,9-10,13-14,16,23H,3-4,7-8,11-12,15H2,1-2H3. The minimum Gasteiger partial charge on any atom is -0.384 e. The lowest BCUT2D eigenvalue weighted by molar-refractivity contribution is 0.688. The molecule has 2 aromatic carbocycles. The van der Waals surface area contributed by atoms with Crippen LogP contribution in [0.4, 0.5) is 5.69 Å². The molecule has 1 heterocycles. The van der Waals surface area contributed by atoms with Gasteiger partial charge in [0.15, 0.2) is 0 Å². The Kier molecular flexibility index (Phi) is 4.63. The molecule has 1 atom stereocenters. The first-order valence-electron chi connectivity index (χ1n) is 9.51. The van der Waals surface area contributed by atoms with Crippen LogP contribution in [0.15, 0.2) is 36.4 Å². The fourth-order valence-electron chi connectivity index (χ4n) is 4.36. The summed E-state index contributed by atoms with van der Waals surface area (Å²) in [5.41, 5.74) is 6.94. The predicted octanol–water partition coefficient (Wildman–Crippen LogP) is 4.76. The first-order valence-corrected chi connectivity index (χ1v) is 10.9. The van der Waals surface area contributed by atoms with Crippen LogP contribution in [-0.2, 0) is 19.3 Å². The number of aryl methyl sites for hydroxylation is 2. The van der Waals surface area contributed by atoms with Gasteiger partial charge < -0.3 is 5.32 Å². The van der Waals surface area contributed by atoms with Crippen LogP contribution in [0.3, 0.4) is 0 Å². The van der Waals surface area contributed by atoms with Gasteiger partial charge in [0.05, 0.1) is 0 Å². The molecule has 0 aromatic heterocycles. The molecule has 2 aliphatic rings. The molecule has 1 N–H and O–H groups in total. The molecule has 0 saturated carbocycles. The van der Waals surface area contributed by atoms with Crippen LogP contribution < -0.4 is 15.9 Å². The second kappa shape index (κ2) is 6.89. The largest absolute Gasteiger partial charge is 0.384 e. The SMILES string of the molecule is CC(C)P(c1cccc2c1CCCC2)c1cccc2c1NCCC2. The third-order valence-corrected chi connectivity index (χ3v) is 8.32. The molecule has 1 aliphatic carbocycles. The molecular weight excluding hydrogens is 309 g/mol. The van der Waals surface area contributed by atoms with E-state index in [1.54, 1.807) is 21.7 Å². The molecule has 0 saturated heterocycles. The maximum Gasteiger partial charge on any atom is 0.0454 e. The number of benzene rings is 2. The lowest BCUT2D eigenvalue weighted by Gasteiger charge is -2.31. The molecule has 0 bridgehead atoms. The van der Waals surface area contributed by atoms with Crippen molar-refractivity contribution in [3.05, 3.63) is 53.1 Å². The first kappa shape index (κ1) is 16.2. The average molecular weight is 337 g/mol. The Bertz CT molecular complexity index is 675. The van der Waals surface area contributed by atoms with E-state index in [4.69, 9.17) is 0 Å². The molecule has 24 heavy (non-hydrogen) atoms. The van der Waals surface area contributed by atoms with Crippen LogP contribution in [0.5, 0.6) is 0 Å². The molecule has 2 heteroatoms. The second-order valence-corrected chi connectivity index (χ2v) is 10.2. The van der Waals surface area contributed by atoms with Gasteiger partial charge in [-0.1, -0.05) is 50.2 Å². The van der Waals surface area contributed by atoms with E-state index in [9.17, 15) is 0 Å². The Labute approximate surface area is 147 Å². The number of nitrogens with one attached hydrogen (secondary N) is 1. The summed E-state index contributed by atoms with van der Waals surface area (Å²) in [6.07, 6.45) is 7.75. The number of hydrogen-bond donors (Lipinski definition) is 1. The lowest BCUT2D eigenvalue weighted by atomic mass is 9.92. The Morgan fingerprint density at radius 3 is 2.38 bits per heavy atom. The van der Waals surface area contributed by atoms with Crippen LogP contribution in [0, 0.1) is 0 Å². The molecule has 0 fully saturated rings. The van der Waals surface area contributed by atoms with E-state index < -0.39 is 0 Å². The molecule has 0 spiro atoms. The highest BCUT2D eigenvalue weighted by Crippen LogP contribution is 2.44. The summed E-state index contributed by atoms with van der Waals surface area (Å²) in [6, 6.07) is 14.1. The monoisotopic (exact) mass is 337 g/mol. The summed E-state index contributed by atoms with van der Waals surface area (Å²) >= 11 is 0. The van der Waals surface area contributed by atoms with E-state index in [1.807, 2.05) is 0 Å². The lowest BCUT2D eigenvalue weighted by Crippen LogP contribution is -2.27. The third kappa shape index (κ3) is 2.88. The number of anilines is 1. The Morgan fingerprint density at radius 1 is 0.833 bits per heavy atom. The maximum atomic E-state index is 3.73. The number of rotatable bonds is 3. The van der Waals surface area contributed by atoms with Gasteiger partial charge in [-0.2, -0.15) is 0 Å². The molecule has 126 valence electrons. The summed E-state index contributed by atoms with van der Waals surface area (Å²) in [5, 5.41) is 6.96. The van der Waals surface area contributed by atoms with Gasteiger partial charge >= 0.3 is 0 Å². The fourth-order valence-corrected chi connectivity index (χ4v) is 7.24. The quantitative estimate of drug-likeness (QED) is 0.796. The summed E-state index contributed by atoms with van der Waals surface area (Å²) in [5.74, 6) is 0. The van der Waals surface area contributed by atoms with Gasteiger partial charge in [0.1, 0.15) is 0 Å². The average Bonchev–Trinajstić information content (AvgIpc) is 2.62. The normalized spacial score (nSPS) is 17.8. The molecular formula is C22H28NP. The highest BCUT2D eigenvalue weighted by molar-refractivity contribution is 7.74. The van der Waals surface area contributed by atoms with Gasteiger partial charge in [-0.05, 0) is 74.1 Å². The smallest absolute Gasteiger partial charge is 0.0454 e. The van der Waals surface area contributed by atoms with Gasteiger partial charge in [-0.15, -0.1) is 0 Å². The van der Waals surface area contributed by atoms with Gasteiger partial charge in [0.2, 0.25) is 0 Å². The highest BCUT2D eigenvalue weighted by atomic mass is 31.1. The van der Waals surface area contributed by atoms with E-state index in [2.05, 4.69) is 55.6 Å². The fraction of sp³-hybridized carbons (Fsp3) is 0.455.